The highest BCUT2D eigenvalue weighted by Crippen LogP contribution is 2.26. The minimum Gasteiger partial charge on any atom is -0.368 e. The monoisotopic (exact) mass is 289 g/mol. The highest BCUT2D eigenvalue weighted by atomic mass is 15.3. The van der Waals surface area contributed by atoms with Crippen molar-refractivity contribution in [3.8, 4) is 0 Å². The molecule has 0 unspecified atom stereocenters. The number of anilines is 2. The standard InChI is InChI=1S/C19H19N3/c1-2-8-17(9-3-1)21-12-14-22(15-13-21)18-10-4-6-16-7-5-11-20-19(16)18/h1-11H,12-15H2. The van der Waals surface area contributed by atoms with E-state index in [9.17, 15) is 0 Å². The van der Waals surface area contributed by atoms with E-state index >= 15 is 0 Å². The Kier molecular flexibility index (Phi) is 3.39. The molecule has 3 nitrogen and oxygen atoms in total. The average Bonchev–Trinajstić information content (AvgIpc) is 2.62. The van der Waals surface area contributed by atoms with Gasteiger partial charge in [-0.15, -0.1) is 0 Å². The van der Waals surface area contributed by atoms with Gasteiger partial charge in [-0.05, 0) is 24.3 Å². The van der Waals surface area contributed by atoms with Crippen molar-refractivity contribution in [1.29, 1.82) is 0 Å². The van der Waals surface area contributed by atoms with E-state index in [2.05, 4.69) is 69.4 Å². The third-order valence-electron chi connectivity index (χ3n) is 4.35. The lowest BCUT2D eigenvalue weighted by Gasteiger charge is -2.37. The predicted molar refractivity (Wildman–Crippen MR) is 92.6 cm³/mol. The molecule has 0 saturated carbocycles. The molecular weight excluding hydrogens is 270 g/mol. The third-order valence-corrected chi connectivity index (χ3v) is 4.35. The second-order valence-electron chi connectivity index (χ2n) is 5.66. The van der Waals surface area contributed by atoms with Crippen molar-refractivity contribution in [2.24, 2.45) is 0 Å². The van der Waals surface area contributed by atoms with Crippen molar-refractivity contribution < 1.29 is 0 Å². The van der Waals surface area contributed by atoms with E-state index in [0.717, 1.165) is 31.7 Å². The quantitative estimate of drug-likeness (QED) is 0.719. The molecule has 22 heavy (non-hydrogen) atoms. The van der Waals surface area contributed by atoms with Gasteiger partial charge in [0.1, 0.15) is 0 Å². The first kappa shape index (κ1) is 13.1. The minimum atomic E-state index is 1.03. The smallest absolute Gasteiger partial charge is 0.0935 e. The summed E-state index contributed by atoms with van der Waals surface area (Å²) in [5.41, 5.74) is 3.68. The van der Waals surface area contributed by atoms with Gasteiger partial charge in [-0.2, -0.15) is 0 Å². The third kappa shape index (κ3) is 2.39. The fraction of sp³-hybridized carbons (Fsp3) is 0.211. The normalized spacial score (nSPS) is 15.3. The van der Waals surface area contributed by atoms with Crippen LogP contribution in [0.3, 0.4) is 0 Å². The molecule has 1 fully saturated rings. The van der Waals surface area contributed by atoms with Crippen molar-refractivity contribution in [3.05, 3.63) is 66.9 Å². The second kappa shape index (κ2) is 5.68. The number of hydrogen-bond donors (Lipinski definition) is 0. The highest BCUT2D eigenvalue weighted by molar-refractivity contribution is 5.90. The molecule has 3 heteroatoms. The molecule has 0 aliphatic carbocycles. The Balaban J connectivity index is 1.56. The zero-order valence-electron chi connectivity index (χ0n) is 12.5. The SMILES string of the molecule is c1ccc(N2CCN(c3cccc4cccnc34)CC2)cc1. The Morgan fingerprint density at radius 2 is 1.41 bits per heavy atom. The van der Waals surface area contributed by atoms with Crippen molar-refractivity contribution in [2.45, 2.75) is 0 Å². The van der Waals surface area contributed by atoms with Crippen molar-refractivity contribution in [2.75, 3.05) is 36.0 Å². The summed E-state index contributed by atoms with van der Waals surface area (Å²) < 4.78 is 0. The fourth-order valence-electron chi connectivity index (χ4n) is 3.19. The maximum atomic E-state index is 4.58. The van der Waals surface area contributed by atoms with Crippen LogP contribution in [-0.4, -0.2) is 31.2 Å². The first-order chi connectivity index (χ1) is 10.9. The predicted octanol–water partition coefficient (Wildman–Crippen LogP) is 3.56. The highest BCUT2D eigenvalue weighted by Gasteiger charge is 2.19. The minimum absolute atomic E-state index is 1.03. The summed E-state index contributed by atoms with van der Waals surface area (Å²) in [4.78, 5) is 9.48. The molecule has 2 aromatic carbocycles. The van der Waals surface area contributed by atoms with Crippen LogP contribution in [0.2, 0.25) is 0 Å². The summed E-state index contributed by atoms with van der Waals surface area (Å²) in [5.74, 6) is 0. The van der Waals surface area contributed by atoms with E-state index < -0.39 is 0 Å². The number of benzene rings is 2. The van der Waals surface area contributed by atoms with Gasteiger partial charge in [0.15, 0.2) is 0 Å². The van der Waals surface area contributed by atoms with E-state index in [0.29, 0.717) is 0 Å². The average molecular weight is 289 g/mol. The van der Waals surface area contributed by atoms with Gasteiger partial charge < -0.3 is 9.80 Å². The topological polar surface area (TPSA) is 19.4 Å². The van der Waals surface area contributed by atoms with Crippen LogP contribution in [0, 0.1) is 0 Å². The molecule has 110 valence electrons. The van der Waals surface area contributed by atoms with Crippen LogP contribution in [0.4, 0.5) is 11.4 Å². The van der Waals surface area contributed by atoms with E-state index in [4.69, 9.17) is 0 Å². The number of hydrogen-bond acceptors (Lipinski definition) is 3. The molecule has 0 N–H and O–H groups in total. The molecule has 2 heterocycles. The van der Waals surface area contributed by atoms with Gasteiger partial charge in [0.05, 0.1) is 11.2 Å². The molecule has 0 spiro atoms. The molecular formula is C19H19N3. The Morgan fingerprint density at radius 1 is 0.682 bits per heavy atom. The van der Waals surface area contributed by atoms with Crippen LogP contribution in [0.5, 0.6) is 0 Å². The molecule has 0 amide bonds. The summed E-state index contributed by atoms with van der Waals surface area (Å²) in [6.45, 7) is 4.16. The van der Waals surface area contributed by atoms with Crippen molar-refractivity contribution >= 4 is 22.3 Å². The molecule has 4 rings (SSSR count). The number of para-hydroxylation sites is 2. The molecule has 1 aliphatic rings. The molecule has 0 radical (unpaired) electrons. The first-order valence-corrected chi connectivity index (χ1v) is 7.80. The van der Waals surface area contributed by atoms with Crippen LogP contribution in [0.1, 0.15) is 0 Å². The number of piperazine rings is 1. The number of aromatic nitrogens is 1. The van der Waals surface area contributed by atoms with Gasteiger partial charge >= 0.3 is 0 Å². The Morgan fingerprint density at radius 3 is 2.23 bits per heavy atom. The summed E-state index contributed by atoms with van der Waals surface area (Å²) in [5, 5.41) is 1.21. The lowest BCUT2D eigenvalue weighted by molar-refractivity contribution is 0.655. The van der Waals surface area contributed by atoms with Crippen LogP contribution in [0.15, 0.2) is 66.9 Å². The van der Waals surface area contributed by atoms with E-state index in [1.54, 1.807) is 0 Å². The largest absolute Gasteiger partial charge is 0.368 e. The Hall–Kier alpha value is -2.55. The fourth-order valence-corrected chi connectivity index (χ4v) is 3.19. The van der Waals surface area contributed by atoms with Crippen LogP contribution in [-0.2, 0) is 0 Å². The maximum absolute atomic E-state index is 4.58. The lowest BCUT2D eigenvalue weighted by Crippen LogP contribution is -2.46. The van der Waals surface area contributed by atoms with Gasteiger partial charge in [0, 0.05) is 43.4 Å². The summed E-state index contributed by atoms with van der Waals surface area (Å²) in [6.07, 6.45) is 1.88. The molecule has 1 aliphatic heterocycles. The first-order valence-electron chi connectivity index (χ1n) is 7.80. The maximum Gasteiger partial charge on any atom is 0.0935 e. The lowest BCUT2D eigenvalue weighted by atomic mass is 10.1. The van der Waals surface area contributed by atoms with Crippen LogP contribution in [0.25, 0.3) is 10.9 Å². The van der Waals surface area contributed by atoms with E-state index in [1.807, 2.05) is 12.3 Å². The summed E-state index contributed by atoms with van der Waals surface area (Å²) in [6, 6.07) is 21.2. The molecule has 1 aromatic heterocycles. The van der Waals surface area contributed by atoms with Gasteiger partial charge in [-0.3, -0.25) is 4.98 Å². The number of fused-ring (bicyclic) bond motifs is 1. The number of nitrogens with zero attached hydrogens (tertiary/aromatic N) is 3. The van der Waals surface area contributed by atoms with E-state index in [-0.39, 0.29) is 0 Å². The molecule has 0 bridgehead atoms. The van der Waals surface area contributed by atoms with Gasteiger partial charge in [0.25, 0.3) is 0 Å². The zero-order chi connectivity index (χ0) is 14.8. The summed E-state index contributed by atoms with van der Waals surface area (Å²) in [7, 11) is 0. The second-order valence-corrected chi connectivity index (χ2v) is 5.66. The molecule has 1 saturated heterocycles. The van der Waals surface area contributed by atoms with Gasteiger partial charge in [-0.25, -0.2) is 0 Å². The Labute approximate surface area is 130 Å². The summed E-state index contributed by atoms with van der Waals surface area (Å²) >= 11 is 0. The van der Waals surface area contributed by atoms with Gasteiger partial charge in [-0.1, -0.05) is 36.4 Å². The zero-order valence-corrected chi connectivity index (χ0v) is 12.5. The van der Waals surface area contributed by atoms with Crippen LogP contribution >= 0.6 is 0 Å². The molecule has 0 atom stereocenters. The van der Waals surface area contributed by atoms with Crippen LogP contribution < -0.4 is 9.80 Å². The van der Waals surface area contributed by atoms with E-state index in [1.165, 1.54) is 16.8 Å². The van der Waals surface area contributed by atoms with Gasteiger partial charge in [0.2, 0.25) is 0 Å². The number of rotatable bonds is 2. The van der Waals surface area contributed by atoms with Crippen molar-refractivity contribution in [3.63, 3.8) is 0 Å². The Bertz CT molecular complexity index is 756. The van der Waals surface area contributed by atoms with Crippen molar-refractivity contribution in [1.82, 2.24) is 4.98 Å². The molecule has 3 aromatic rings. The number of pyridine rings is 1.